The summed E-state index contributed by atoms with van der Waals surface area (Å²) in [4.78, 5) is 12.5. The van der Waals surface area contributed by atoms with Gasteiger partial charge in [0.2, 0.25) is 0 Å². The molecule has 3 N–H and O–H groups in total. The molecule has 84 valence electrons. The second kappa shape index (κ2) is 6.25. The van der Waals surface area contributed by atoms with E-state index >= 15 is 0 Å². The molecule has 1 aromatic rings. The fourth-order valence-electron chi connectivity index (χ4n) is 1.30. The second-order valence-corrected chi connectivity index (χ2v) is 5.06. The molecule has 0 bridgehead atoms. The molecule has 0 aliphatic heterocycles. The Morgan fingerprint density at radius 2 is 2.47 bits per heavy atom. The summed E-state index contributed by atoms with van der Waals surface area (Å²) in [6.07, 6.45) is 1.94. The Morgan fingerprint density at radius 1 is 1.73 bits per heavy atom. The fraction of sp³-hybridized carbons (Fsp3) is 0.500. The first-order chi connectivity index (χ1) is 7.19. The van der Waals surface area contributed by atoms with Crippen molar-refractivity contribution >= 4 is 33.2 Å². The number of halogens is 1. The molecule has 0 aromatic carbocycles. The number of rotatable bonds is 5. The average Bonchev–Trinajstić information content (AvgIpc) is 2.63. The van der Waals surface area contributed by atoms with E-state index in [1.165, 1.54) is 11.3 Å². The van der Waals surface area contributed by atoms with Gasteiger partial charge < -0.3 is 11.1 Å². The summed E-state index contributed by atoms with van der Waals surface area (Å²) in [5.74, 6) is -0.0409. The normalized spacial score (nSPS) is 12.5. The Bertz CT molecular complexity index is 327. The van der Waals surface area contributed by atoms with Crippen molar-refractivity contribution in [3.8, 4) is 0 Å². The molecular weight excluding hydrogens is 276 g/mol. The summed E-state index contributed by atoms with van der Waals surface area (Å²) in [5.41, 5.74) is 5.58. The number of hydrogen-bond donors (Lipinski definition) is 2. The molecule has 3 nitrogen and oxygen atoms in total. The summed E-state index contributed by atoms with van der Waals surface area (Å²) >= 11 is 4.76. The maximum absolute atomic E-state index is 11.8. The highest BCUT2D eigenvalue weighted by molar-refractivity contribution is 9.10. The standard InChI is InChI=1S/C10H15BrN2OS/c1-2-3-7(6-12)13-10(14)9-8(11)4-5-15-9/h4-5,7H,2-3,6,12H2,1H3,(H,13,14). The molecule has 1 unspecified atom stereocenters. The molecule has 5 heteroatoms. The minimum absolute atomic E-state index is 0.0409. The van der Waals surface area contributed by atoms with Gasteiger partial charge in [-0.15, -0.1) is 11.3 Å². The van der Waals surface area contributed by atoms with Crippen molar-refractivity contribution in [1.82, 2.24) is 5.32 Å². The zero-order valence-electron chi connectivity index (χ0n) is 8.63. The van der Waals surface area contributed by atoms with Crippen LogP contribution in [0.15, 0.2) is 15.9 Å². The summed E-state index contributed by atoms with van der Waals surface area (Å²) in [7, 11) is 0. The van der Waals surface area contributed by atoms with Crippen LogP contribution in [0.3, 0.4) is 0 Å². The van der Waals surface area contributed by atoms with Gasteiger partial charge in [0.1, 0.15) is 4.88 Å². The topological polar surface area (TPSA) is 55.1 Å². The second-order valence-electron chi connectivity index (χ2n) is 3.29. The molecule has 1 amide bonds. The van der Waals surface area contributed by atoms with Crippen LogP contribution in [0.1, 0.15) is 29.4 Å². The van der Waals surface area contributed by atoms with E-state index < -0.39 is 0 Å². The van der Waals surface area contributed by atoms with Gasteiger partial charge in [0.05, 0.1) is 0 Å². The monoisotopic (exact) mass is 290 g/mol. The molecule has 1 heterocycles. The molecule has 0 fully saturated rings. The number of nitrogens with two attached hydrogens (primary N) is 1. The van der Waals surface area contributed by atoms with Gasteiger partial charge in [-0.05, 0) is 33.8 Å². The zero-order valence-corrected chi connectivity index (χ0v) is 11.0. The van der Waals surface area contributed by atoms with E-state index in [1.54, 1.807) is 0 Å². The first kappa shape index (κ1) is 12.7. The van der Waals surface area contributed by atoms with Crippen molar-refractivity contribution in [2.45, 2.75) is 25.8 Å². The van der Waals surface area contributed by atoms with Crippen molar-refractivity contribution < 1.29 is 4.79 Å². The van der Waals surface area contributed by atoms with E-state index in [-0.39, 0.29) is 11.9 Å². The van der Waals surface area contributed by atoms with Crippen molar-refractivity contribution in [1.29, 1.82) is 0 Å². The molecule has 1 rings (SSSR count). The molecule has 15 heavy (non-hydrogen) atoms. The molecule has 0 radical (unpaired) electrons. The summed E-state index contributed by atoms with van der Waals surface area (Å²) in [5, 5.41) is 4.81. The van der Waals surface area contributed by atoms with Crippen LogP contribution in [0, 0.1) is 0 Å². The van der Waals surface area contributed by atoms with Crippen LogP contribution in [0.2, 0.25) is 0 Å². The van der Waals surface area contributed by atoms with Gasteiger partial charge in [0.25, 0.3) is 5.91 Å². The van der Waals surface area contributed by atoms with Crippen LogP contribution in [-0.4, -0.2) is 18.5 Å². The van der Waals surface area contributed by atoms with Gasteiger partial charge in [0.15, 0.2) is 0 Å². The van der Waals surface area contributed by atoms with Crippen LogP contribution in [0.25, 0.3) is 0 Å². The smallest absolute Gasteiger partial charge is 0.262 e. The third-order valence-corrected chi connectivity index (χ3v) is 3.92. The minimum atomic E-state index is -0.0409. The minimum Gasteiger partial charge on any atom is -0.347 e. The zero-order chi connectivity index (χ0) is 11.3. The lowest BCUT2D eigenvalue weighted by atomic mass is 10.1. The number of thiophene rings is 1. The lowest BCUT2D eigenvalue weighted by Crippen LogP contribution is -2.39. The summed E-state index contributed by atoms with van der Waals surface area (Å²) in [6, 6.07) is 1.95. The SMILES string of the molecule is CCCC(CN)NC(=O)c1sccc1Br. The van der Waals surface area contributed by atoms with Gasteiger partial charge in [-0.1, -0.05) is 13.3 Å². The first-order valence-electron chi connectivity index (χ1n) is 4.93. The highest BCUT2D eigenvalue weighted by atomic mass is 79.9. The Hall–Kier alpha value is -0.390. The fourth-order valence-corrected chi connectivity index (χ4v) is 2.76. The molecule has 1 aromatic heterocycles. The van der Waals surface area contributed by atoms with Crippen molar-refractivity contribution in [2.24, 2.45) is 5.73 Å². The van der Waals surface area contributed by atoms with Crippen LogP contribution >= 0.6 is 27.3 Å². The van der Waals surface area contributed by atoms with Gasteiger partial charge >= 0.3 is 0 Å². The Labute approximate surface area is 102 Å². The van der Waals surface area contributed by atoms with Gasteiger partial charge in [-0.2, -0.15) is 0 Å². The maximum atomic E-state index is 11.8. The van der Waals surface area contributed by atoms with Crippen LogP contribution in [0.5, 0.6) is 0 Å². The lowest BCUT2D eigenvalue weighted by molar-refractivity contribution is 0.0939. The van der Waals surface area contributed by atoms with E-state index in [9.17, 15) is 4.79 Å². The van der Waals surface area contributed by atoms with Crippen molar-refractivity contribution in [2.75, 3.05) is 6.54 Å². The Kier molecular flexibility index (Phi) is 5.28. The van der Waals surface area contributed by atoms with Crippen molar-refractivity contribution in [3.63, 3.8) is 0 Å². The van der Waals surface area contributed by atoms with Gasteiger partial charge in [-0.25, -0.2) is 0 Å². The molecule has 0 aliphatic rings. The predicted molar refractivity (Wildman–Crippen MR) is 67.2 cm³/mol. The van der Waals surface area contributed by atoms with Gasteiger partial charge in [0, 0.05) is 17.1 Å². The largest absolute Gasteiger partial charge is 0.347 e. The van der Waals surface area contributed by atoms with E-state index in [4.69, 9.17) is 5.73 Å². The third kappa shape index (κ3) is 3.59. The number of amides is 1. The lowest BCUT2D eigenvalue weighted by Gasteiger charge is -2.15. The van der Waals surface area contributed by atoms with Crippen LogP contribution < -0.4 is 11.1 Å². The molecular formula is C10H15BrN2OS. The van der Waals surface area contributed by atoms with E-state index in [1.807, 2.05) is 11.4 Å². The number of carbonyl (C=O) groups is 1. The van der Waals surface area contributed by atoms with Crippen molar-refractivity contribution in [3.05, 3.63) is 20.8 Å². The number of nitrogens with one attached hydrogen (secondary N) is 1. The number of carbonyl (C=O) groups excluding carboxylic acids is 1. The third-order valence-electron chi connectivity index (χ3n) is 2.08. The molecule has 0 saturated heterocycles. The Balaban J connectivity index is 2.58. The van der Waals surface area contributed by atoms with E-state index in [0.717, 1.165) is 17.3 Å². The quantitative estimate of drug-likeness (QED) is 0.875. The molecule has 1 atom stereocenters. The molecule has 0 saturated carbocycles. The van der Waals surface area contributed by atoms with Crippen LogP contribution in [-0.2, 0) is 0 Å². The Morgan fingerprint density at radius 3 is 2.93 bits per heavy atom. The predicted octanol–water partition coefficient (Wildman–Crippen LogP) is 2.37. The average molecular weight is 291 g/mol. The highest BCUT2D eigenvalue weighted by Gasteiger charge is 2.14. The summed E-state index contributed by atoms with van der Waals surface area (Å²) in [6.45, 7) is 2.57. The molecule has 0 aliphatic carbocycles. The molecule has 0 spiro atoms. The van der Waals surface area contributed by atoms with Gasteiger partial charge in [-0.3, -0.25) is 4.79 Å². The van der Waals surface area contributed by atoms with E-state index in [2.05, 4.69) is 28.2 Å². The van der Waals surface area contributed by atoms with Crippen LogP contribution in [0.4, 0.5) is 0 Å². The summed E-state index contributed by atoms with van der Waals surface area (Å²) < 4.78 is 0.845. The number of hydrogen-bond acceptors (Lipinski definition) is 3. The first-order valence-corrected chi connectivity index (χ1v) is 6.60. The van der Waals surface area contributed by atoms with E-state index in [0.29, 0.717) is 11.4 Å². The highest BCUT2D eigenvalue weighted by Crippen LogP contribution is 2.22. The maximum Gasteiger partial charge on any atom is 0.262 e.